The van der Waals surface area contributed by atoms with Crippen LogP contribution in [0, 0.1) is 6.92 Å². The number of benzene rings is 6. The molecule has 10 rings (SSSR count). The Bertz CT molecular complexity index is 2090. The summed E-state index contributed by atoms with van der Waals surface area (Å²) >= 11 is 0. The Morgan fingerprint density at radius 1 is 0.468 bits per heavy atom. The summed E-state index contributed by atoms with van der Waals surface area (Å²) in [6.07, 6.45) is 13.3. The van der Waals surface area contributed by atoms with E-state index in [0.29, 0.717) is 11.8 Å². The van der Waals surface area contributed by atoms with Crippen molar-refractivity contribution < 1.29 is 4.74 Å². The lowest BCUT2D eigenvalue weighted by atomic mass is 9.84. The van der Waals surface area contributed by atoms with E-state index < -0.39 is 0 Å². The van der Waals surface area contributed by atoms with Gasteiger partial charge in [-0.1, -0.05) is 200 Å². The maximum absolute atomic E-state index is 5.41. The van der Waals surface area contributed by atoms with Gasteiger partial charge in [-0.05, 0) is 145 Å². The molecule has 0 saturated carbocycles. The molecule has 1 nitrogen and oxygen atoms in total. The van der Waals surface area contributed by atoms with Gasteiger partial charge in [0.2, 0.25) is 0 Å². The van der Waals surface area contributed by atoms with E-state index in [0.717, 1.165) is 36.5 Å². The van der Waals surface area contributed by atoms with E-state index in [1.807, 2.05) is 18.2 Å². The second-order valence-corrected chi connectivity index (χ2v) is 18.1. The number of hydrogen-bond donors (Lipinski definition) is 0. The highest BCUT2D eigenvalue weighted by Crippen LogP contribution is 2.34. The molecule has 6 aromatic carbocycles. The molecule has 0 spiro atoms. The van der Waals surface area contributed by atoms with Gasteiger partial charge >= 0.3 is 0 Å². The van der Waals surface area contributed by atoms with Gasteiger partial charge in [-0.2, -0.15) is 0 Å². The van der Waals surface area contributed by atoms with Crippen LogP contribution >= 0.6 is 0 Å². The van der Waals surface area contributed by atoms with Crippen LogP contribution in [0.15, 0.2) is 152 Å². The van der Waals surface area contributed by atoms with Gasteiger partial charge in [0.1, 0.15) is 5.75 Å². The van der Waals surface area contributed by atoms with Crippen molar-refractivity contribution in [2.45, 2.75) is 149 Å². The quantitative estimate of drug-likeness (QED) is 0.125. The molecule has 325 valence electrons. The predicted molar refractivity (Wildman–Crippen MR) is 271 cm³/mol. The van der Waals surface area contributed by atoms with E-state index in [2.05, 4.69) is 189 Å². The first-order valence-electron chi connectivity index (χ1n) is 23.7. The average Bonchev–Trinajstić information content (AvgIpc) is 3.81. The summed E-state index contributed by atoms with van der Waals surface area (Å²) in [6, 6.07) is 53.8. The fraction of sp³-hybridized carbons (Fsp3) is 0.400. The molecule has 1 aliphatic heterocycles. The molecule has 3 radical (unpaired) electrons. The Morgan fingerprint density at radius 2 is 0.919 bits per heavy atom. The van der Waals surface area contributed by atoms with Crippen LogP contribution in [-0.2, 0) is 25.7 Å². The van der Waals surface area contributed by atoms with Crippen LogP contribution in [0.2, 0.25) is 0 Å². The van der Waals surface area contributed by atoms with Crippen molar-refractivity contribution in [2.24, 2.45) is 0 Å². The molecular weight excluding hydrogens is 747 g/mol. The number of fused-ring (bicyclic) bond motifs is 4. The molecule has 4 unspecified atom stereocenters. The Kier molecular flexibility index (Phi) is 21.4. The number of para-hydroxylation sites is 1. The van der Waals surface area contributed by atoms with E-state index in [9.17, 15) is 0 Å². The van der Waals surface area contributed by atoms with Crippen LogP contribution in [0.1, 0.15) is 172 Å². The molecule has 62 heavy (non-hydrogen) atoms. The average molecular weight is 824 g/mol. The number of rotatable bonds is 2. The summed E-state index contributed by atoms with van der Waals surface area (Å²) in [6.45, 7) is 18.8. The van der Waals surface area contributed by atoms with Crippen molar-refractivity contribution in [3.63, 3.8) is 0 Å². The summed E-state index contributed by atoms with van der Waals surface area (Å²) < 4.78 is 5.41. The van der Waals surface area contributed by atoms with Crippen LogP contribution in [0.4, 0.5) is 0 Å². The topological polar surface area (TPSA) is 9.23 Å². The van der Waals surface area contributed by atoms with E-state index >= 15 is 0 Å². The summed E-state index contributed by atoms with van der Waals surface area (Å²) in [5.74, 6) is 4.67. The highest BCUT2D eigenvalue weighted by atomic mass is 16.5. The smallest absolute Gasteiger partial charge is 0.122 e. The van der Waals surface area contributed by atoms with Gasteiger partial charge in [0.25, 0.3) is 0 Å². The van der Waals surface area contributed by atoms with Crippen molar-refractivity contribution in [3.8, 4) is 5.75 Å². The van der Waals surface area contributed by atoms with E-state index in [1.54, 1.807) is 33.4 Å². The summed E-state index contributed by atoms with van der Waals surface area (Å²) in [7, 11) is 0. The molecule has 4 atom stereocenters. The molecule has 6 aromatic rings. The van der Waals surface area contributed by atoms with Gasteiger partial charge in [0.05, 0.1) is 6.61 Å². The Balaban J connectivity index is 0.000000164. The molecule has 3 aliphatic carbocycles. The first-order chi connectivity index (χ1) is 29.7. The van der Waals surface area contributed by atoms with Gasteiger partial charge in [0.15, 0.2) is 0 Å². The molecule has 1 heterocycles. The maximum atomic E-state index is 5.41. The molecule has 4 aliphatic rings. The zero-order valence-corrected chi connectivity index (χ0v) is 39.6. The second kappa shape index (κ2) is 26.6. The fourth-order valence-corrected chi connectivity index (χ4v) is 9.20. The molecule has 0 amide bonds. The lowest BCUT2D eigenvalue weighted by Gasteiger charge is -2.21. The Labute approximate surface area is 380 Å². The van der Waals surface area contributed by atoms with Gasteiger partial charge in [-0.15, -0.1) is 0 Å². The molecule has 0 fully saturated rings. The Hall–Kier alpha value is -4.82. The van der Waals surface area contributed by atoms with Crippen molar-refractivity contribution in [2.75, 3.05) is 6.61 Å². The fourth-order valence-electron chi connectivity index (χ4n) is 9.20. The van der Waals surface area contributed by atoms with Crippen LogP contribution in [0.5, 0.6) is 5.75 Å². The third-order valence-electron chi connectivity index (χ3n) is 13.0. The third-order valence-corrected chi connectivity index (χ3v) is 13.0. The minimum Gasteiger partial charge on any atom is -0.493 e. The zero-order valence-electron chi connectivity index (χ0n) is 39.6. The molecule has 0 bridgehead atoms. The summed E-state index contributed by atoms with van der Waals surface area (Å²) in [4.78, 5) is 0. The standard InChI is InChI=1S/C12H16.C11H14.C10H12.C10H14.C9H10O.C8H10.B/c1-10-6-2-3-7-11-8-4-5-9-12(10)11;1-9-5-4-7-10-6-2-3-8-11(9)10;1-8-6-7-9-4-2-3-5-10(8)9;1-8(2)10-7-5-4-6-9(10)3;1-7-6-10-9-5-3-2-4-8(7)9;1-2-8-6-4-3-5-7-8;/h4-5,8-10H,2-3,6-7H2,1H3;2-3,6,8-9H,4-5,7H2,1H3;2-5,8H,6-7H2,1H3;4-8H,1-3H3;2-5,7H,6H2,1H3;3-7H,2H2,1H3;. The first-order valence-corrected chi connectivity index (χ1v) is 23.7. The van der Waals surface area contributed by atoms with E-state index in [4.69, 9.17) is 4.74 Å². The second-order valence-electron chi connectivity index (χ2n) is 18.1. The zero-order chi connectivity index (χ0) is 43.4. The van der Waals surface area contributed by atoms with Gasteiger partial charge in [-0.3, -0.25) is 0 Å². The van der Waals surface area contributed by atoms with Gasteiger partial charge in [0, 0.05) is 19.9 Å². The van der Waals surface area contributed by atoms with Crippen molar-refractivity contribution in [3.05, 3.63) is 207 Å². The van der Waals surface area contributed by atoms with Crippen LogP contribution < -0.4 is 4.74 Å². The molecule has 0 N–H and O–H groups in total. The van der Waals surface area contributed by atoms with Gasteiger partial charge < -0.3 is 4.74 Å². The molecular formula is C60H76BO. The van der Waals surface area contributed by atoms with Crippen LogP contribution in [-0.4, -0.2) is 15.0 Å². The lowest BCUT2D eigenvalue weighted by molar-refractivity contribution is 0.337. The molecule has 0 aromatic heterocycles. The molecule has 0 saturated heterocycles. The number of aryl methyl sites for hydroxylation is 5. The minimum atomic E-state index is 0. The predicted octanol–water partition coefficient (Wildman–Crippen LogP) is 16.5. The SMILES string of the molecule is CC1CCCCc2ccccc21.CC1CCCc2ccccc21.CC1CCc2ccccc21.CC1COc2ccccc21.CCc1ccccc1.Cc1ccccc1C(C)C.[B]. The first kappa shape index (κ1) is 49.8. The van der Waals surface area contributed by atoms with Crippen molar-refractivity contribution in [1.82, 2.24) is 0 Å². The Morgan fingerprint density at radius 3 is 1.42 bits per heavy atom. The third kappa shape index (κ3) is 15.2. The monoisotopic (exact) mass is 824 g/mol. The number of hydrogen-bond acceptors (Lipinski definition) is 1. The van der Waals surface area contributed by atoms with Crippen molar-refractivity contribution >= 4 is 8.41 Å². The lowest BCUT2D eigenvalue weighted by Crippen LogP contribution is -2.05. The largest absolute Gasteiger partial charge is 0.493 e. The van der Waals surface area contributed by atoms with Crippen molar-refractivity contribution in [1.29, 1.82) is 0 Å². The van der Waals surface area contributed by atoms with E-state index in [-0.39, 0.29) is 8.41 Å². The van der Waals surface area contributed by atoms with Crippen LogP contribution in [0.3, 0.4) is 0 Å². The van der Waals surface area contributed by atoms with Crippen LogP contribution in [0.25, 0.3) is 0 Å². The minimum absolute atomic E-state index is 0. The maximum Gasteiger partial charge on any atom is 0.122 e. The highest BCUT2D eigenvalue weighted by molar-refractivity contribution is 5.75. The van der Waals surface area contributed by atoms with E-state index in [1.165, 1.54) is 80.0 Å². The summed E-state index contributed by atoms with van der Waals surface area (Å²) in [5.41, 5.74) is 15.1. The van der Waals surface area contributed by atoms with Gasteiger partial charge in [-0.25, -0.2) is 0 Å². The number of ether oxygens (including phenoxy) is 1. The molecule has 2 heteroatoms. The summed E-state index contributed by atoms with van der Waals surface area (Å²) in [5, 5.41) is 0. The normalized spacial score (nSPS) is 18.5. The highest BCUT2D eigenvalue weighted by Gasteiger charge is 2.19.